The van der Waals surface area contributed by atoms with Crippen LogP contribution >= 0.6 is 0 Å². The zero-order valence-corrected chi connectivity index (χ0v) is 12.3. The molecule has 1 aliphatic carbocycles. The maximum Gasteiger partial charge on any atom is 0.433 e. The smallest absolute Gasteiger partial charge is 0.352 e. The fourth-order valence-electron chi connectivity index (χ4n) is 3.38. The molecule has 5 nitrogen and oxygen atoms in total. The summed E-state index contributed by atoms with van der Waals surface area (Å²) in [5, 5.41) is 2.78. The molecule has 1 N–H and O–H groups in total. The molecule has 0 atom stereocenters. The van der Waals surface area contributed by atoms with Gasteiger partial charge in [-0.15, -0.1) is 0 Å². The Kier molecular flexibility index (Phi) is 3.77. The normalized spacial score (nSPS) is 20.7. The highest BCUT2D eigenvalue weighted by atomic mass is 19.4. The molecule has 2 fully saturated rings. The van der Waals surface area contributed by atoms with Crippen molar-refractivity contribution in [2.24, 2.45) is 0 Å². The number of carbonyl (C=O) groups excluding carboxylic acids is 2. The monoisotopic (exact) mass is 327 g/mol. The molecule has 1 spiro atoms. The lowest BCUT2D eigenvalue weighted by atomic mass is 9.91. The second-order valence-corrected chi connectivity index (χ2v) is 5.88. The van der Waals surface area contributed by atoms with Crippen LogP contribution in [0.5, 0.6) is 0 Å². The van der Waals surface area contributed by atoms with Gasteiger partial charge in [-0.05, 0) is 25.0 Å². The van der Waals surface area contributed by atoms with Crippen LogP contribution in [0.3, 0.4) is 0 Å². The van der Waals surface area contributed by atoms with E-state index in [-0.39, 0.29) is 11.5 Å². The molecule has 23 heavy (non-hydrogen) atoms. The van der Waals surface area contributed by atoms with E-state index in [4.69, 9.17) is 0 Å². The minimum absolute atomic E-state index is 0.0685. The summed E-state index contributed by atoms with van der Waals surface area (Å²) in [6.07, 6.45) is -0.748. The summed E-state index contributed by atoms with van der Waals surface area (Å²) in [5.41, 5.74) is -1.84. The number of halogens is 3. The van der Waals surface area contributed by atoms with E-state index in [0.29, 0.717) is 25.9 Å². The summed E-state index contributed by atoms with van der Waals surface area (Å²) in [4.78, 5) is 29.8. The van der Waals surface area contributed by atoms with Gasteiger partial charge in [0.15, 0.2) is 0 Å². The Morgan fingerprint density at radius 2 is 1.96 bits per heavy atom. The minimum atomic E-state index is -4.54. The lowest BCUT2D eigenvalue weighted by Crippen LogP contribution is -2.65. The Bertz CT molecular complexity index is 622. The van der Waals surface area contributed by atoms with E-state index in [9.17, 15) is 22.8 Å². The van der Waals surface area contributed by atoms with Crippen LogP contribution in [0.1, 0.15) is 41.7 Å². The second kappa shape index (κ2) is 5.50. The predicted molar refractivity (Wildman–Crippen MR) is 74.5 cm³/mol. The summed E-state index contributed by atoms with van der Waals surface area (Å²) < 4.78 is 37.7. The summed E-state index contributed by atoms with van der Waals surface area (Å²) in [6, 6.07) is 1.91. The molecule has 0 radical (unpaired) electrons. The van der Waals surface area contributed by atoms with Gasteiger partial charge in [-0.25, -0.2) is 0 Å². The van der Waals surface area contributed by atoms with Gasteiger partial charge in [0.2, 0.25) is 5.91 Å². The van der Waals surface area contributed by atoms with Crippen molar-refractivity contribution in [1.29, 1.82) is 0 Å². The molecular weight excluding hydrogens is 311 g/mol. The van der Waals surface area contributed by atoms with Gasteiger partial charge in [-0.3, -0.25) is 14.6 Å². The molecule has 0 unspecified atom stereocenters. The van der Waals surface area contributed by atoms with E-state index >= 15 is 0 Å². The molecule has 8 heteroatoms. The lowest BCUT2D eigenvalue weighted by molar-refractivity contribution is -0.141. The summed E-state index contributed by atoms with van der Waals surface area (Å²) in [5.74, 6) is -0.613. The maximum atomic E-state index is 12.7. The van der Waals surface area contributed by atoms with Gasteiger partial charge >= 0.3 is 6.18 Å². The first-order valence-electron chi connectivity index (χ1n) is 7.48. The average Bonchev–Trinajstić information content (AvgIpc) is 2.99. The van der Waals surface area contributed by atoms with Crippen LogP contribution in [0.15, 0.2) is 18.3 Å². The molecular formula is C15H16F3N3O2. The zero-order valence-electron chi connectivity index (χ0n) is 12.3. The van der Waals surface area contributed by atoms with E-state index in [2.05, 4.69) is 10.3 Å². The van der Waals surface area contributed by atoms with Crippen LogP contribution in [-0.2, 0) is 11.0 Å². The predicted octanol–water partition coefficient (Wildman–Crippen LogP) is 1.99. The molecule has 2 heterocycles. The third-order valence-corrected chi connectivity index (χ3v) is 4.54. The first-order chi connectivity index (χ1) is 10.8. The maximum absolute atomic E-state index is 12.7. The van der Waals surface area contributed by atoms with Crippen LogP contribution in [-0.4, -0.2) is 40.3 Å². The Morgan fingerprint density at radius 3 is 2.52 bits per heavy atom. The molecule has 124 valence electrons. The van der Waals surface area contributed by atoms with Crippen LogP contribution in [0.4, 0.5) is 13.2 Å². The third-order valence-electron chi connectivity index (χ3n) is 4.54. The lowest BCUT2D eigenvalue weighted by Gasteiger charge is -2.43. The number of carbonyl (C=O) groups is 2. The van der Waals surface area contributed by atoms with Gasteiger partial charge < -0.3 is 10.2 Å². The largest absolute Gasteiger partial charge is 0.433 e. The van der Waals surface area contributed by atoms with Gasteiger partial charge in [0, 0.05) is 19.3 Å². The number of piperazine rings is 1. The van der Waals surface area contributed by atoms with Gasteiger partial charge in [0.05, 0.1) is 5.56 Å². The molecule has 0 bridgehead atoms. The molecule has 1 saturated carbocycles. The summed E-state index contributed by atoms with van der Waals surface area (Å²) in [6.45, 7) is 0.700. The number of aromatic nitrogens is 1. The Hall–Kier alpha value is -2.12. The average molecular weight is 327 g/mol. The zero-order chi connectivity index (χ0) is 16.7. The summed E-state index contributed by atoms with van der Waals surface area (Å²) in [7, 11) is 0. The van der Waals surface area contributed by atoms with Crippen molar-refractivity contribution in [3.8, 4) is 0 Å². The van der Waals surface area contributed by atoms with Crippen molar-refractivity contribution < 1.29 is 22.8 Å². The second-order valence-electron chi connectivity index (χ2n) is 5.88. The van der Waals surface area contributed by atoms with Gasteiger partial charge in [-0.1, -0.05) is 12.8 Å². The number of nitrogens with one attached hydrogen (secondary N) is 1. The quantitative estimate of drug-likeness (QED) is 0.858. The number of pyridine rings is 1. The molecule has 2 aliphatic rings. The van der Waals surface area contributed by atoms with Gasteiger partial charge in [-0.2, -0.15) is 13.2 Å². The molecule has 3 rings (SSSR count). The number of hydrogen-bond acceptors (Lipinski definition) is 3. The van der Waals surface area contributed by atoms with Crippen molar-refractivity contribution in [3.05, 3.63) is 29.6 Å². The minimum Gasteiger partial charge on any atom is -0.352 e. The highest BCUT2D eigenvalue weighted by Gasteiger charge is 2.50. The number of rotatable bonds is 1. The van der Waals surface area contributed by atoms with E-state index in [0.717, 1.165) is 31.2 Å². The Morgan fingerprint density at radius 1 is 1.26 bits per heavy atom. The van der Waals surface area contributed by atoms with Crippen LogP contribution in [0.25, 0.3) is 0 Å². The van der Waals surface area contributed by atoms with E-state index in [1.165, 1.54) is 4.90 Å². The standard InChI is InChI=1S/C15H16F3N3O2/c16-15(17,18)11-4-3-10(9-20-11)12(22)21-8-7-19-13(23)14(21)5-1-2-6-14/h3-4,9H,1-2,5-8H2,(H,19,23). The first kappa shape index (κ1) is 15.8. The van der Waals surface area contributed by atoms with Crippen molar-refractivity contribution in [2.45, 2.75) is 37.4 Å². The molecule has 2 amide bonds. The molecule has 1 aromatic rings. The van der Waals surface area contributed by atoms with Crippen LogP contribution < -0.4 is 5.32 Å². The van der Waals surface area contributed by atoms with E-state index in [1.807, 2.05) is 0 Å². The van der Waals surface area contributed by atoms with Crippen molar-refractivity contribution in [1.82, 2.24) is 15.2 Å². The first-order valence-corrected chi connectivity index (χ1v) is 7.48. The number of alkyl halides is 3. The SMILES string of the molecule is O=C(c1ccc(C(F)(F)F)nc1)N1CCNC(=O)C12CCCC2. The fourth-order valence-corrected chi connectivity index (χ4v) is 3.38. The highest BCUT2D eigenvalue weighted by molar-refractivity contribution is 6.00. The third kappa shape index (κ3) is 2.66. The van der Waals surface area contributed by atoms with Gasteiger partial charge in [0.25, 0.3) is 5.91 Å². The van der Waals surface area contributed by atoms with E-state index < -0.39 is 23.3 Å². The van der Waals surface area contributed by atoms with Gasteiger partial charge in [0.1, 0.15) is 11.2 Å². The number of amides is 2. The van der Waals surface area contributed by atoms with E-state index in [1.54, 1.807) is 0 Å². The number of hydrogen-bond donors (Lipinski definition) is 1. The van der Waals surface area contributed by atoms with Crippen molar-refractivity contribution >= 4 is 11.8 Å². The molecule has 1 saturated heterocycles. The Balaban J connectivity index is 1.88. The Labute approximate surface area is 130 Å². The van der Waals surface area contributed by atoms with Crippen LogP contribution in [0.2, 0.25) is 0 Å². The fraction of sp³-hybridized carbons (Fsp3) is 0.533. The topological polar surface area (TPSA) is 62.3 Å². The summed E-state index contributed by atoms with van der Waals surface area (Å²) >= 11 is 0. The van der Waals surface area contributed by atoms with Crippen molar-refractivity contribution in [2.75, 3.05) is 13.1 Å². The number of nitrogens with zero attached hydrogens (tertiary/aromatic N) is 2. The highest BCUT2D eigenvalue weighted by Crippen LogP contribution is 2.37. The molecule has 0 aromatic carbocycles. The van der Waals surface area contributed by atoms with Crippen molar-refractivity contribution in [3.63, 3.8) is 0 Å². The van der Waals surface area contributed by atoms with Crippen LogP contribution in [0, 0.1) is 0 Å². The molecule has 1 aromatic heterocycles. The molecule has 1 aliphatic heterocycles.